The molecule has 1 atom stereocenters. The topological polar surface area (TPSA) is 46.5 Å². The summed E-state index contributed by atoms with van der Waals surface area (Å²) in [5.41, 5.74) is 6.38. The molecule has 1 unspecified atom stereocenters. The number of carboxylic acids is 1. The lowest BCUT2D eigenvalue weighted by atomic mass is 9.62. The molecule has 1 heterocycles. The molecule has 1 N–H and O–H groups in total. The SMILES string of the molecule is CC1(C)CCC(C)(C)c2cc(C3(C)COc4cc(/C=C/C(=O)O)ccc43)ccc21. The molecule has 0 radical (unpaired) electrons. The van der Waals surface area contributed by atoms with E-state index in [-0.39, 0.29) is 16.2 Å². The standard InChI is InChI=1S/C26H30O3/c1-24(2)12-13-25(3,4)21-15-18(8-10-19(21)24)26(5)16-29-22-14-17(6-9-20(22)26)7-11-23(27)28/h6-11,14-15H,12-13,16H2,1-5H3,(H,27,28)/b11-7+. The van der Waals surface area contributed by atoms with E-state index in [1.807, 2.05) is 12.1 Å². The van der Waals surface area contributed by atoms with Gasteiger partial charge in [0.15, 0.2) is 0 Å². The van der Waals surface area contributed by atoms with Crippen molar-refractivity contribution < 1.29 is 14.6 Å². The first kappa shape index (κ1) is 19.8. The van der Waals surface area contributed by atoms with E-state index in [2.05, 4.69) is 58.9 Å². The summed E-state index contributed by atoms with van der Waals surface area (Å²) < 4.78 is 6.07. The van der Waals surface area contributed by atoms with Gasteiger partial charge in [0.2, 0.25) is 0 Å². The third kappa shape index (κ3) is 3.27. The van der Waals surface area contributed by atoms with Crippen molar-refractivity contribution in [1.29, 1.82) is 0 Å². The second-order valence-corrected chi connectivity index (χ2v) is 10.1. The summed E-state index contributed by atoms with van der Waals surface area (Å²) >= 11 is 0. The van der Waals surface area contributed by atoms with Gasteiger partial charge in [-0.2, -0.15) is 0 Å². The third-order valence-electron chi connectivity index (χ3n) is 7.02. The second-order valence-electron chi connectivity index (χ2n) is 10.1. The van der Waals surface area contributed by atoms with Crippen molar-refractivity contribution in [3.8, 4) is 5.75 Å². The molecule has 2 aliphatic rings. The maximum atomic E-state index is 10.8. The normalized spacial score (nSPS) is 24.0. The fraction of sp³-hybridized carbons (Fsp3) is 0.423. The fourth-order valence-corrected chi connectivity index (χ4v) is 4.86. The minimum atomic E-state index is -0.948. The van der Waals surface area contributed by atoms with E-state index >= 15 is 0 Å². The molecule has 3 nitrogen and oxygen atoms in total. The summed E-state index contributed by atoms with van der Waals surface area (Å²) in [5.74, 6) is -0.104. The van der Waals surface area contributed by atoms with E-state index in [0.29, 0.717) is 6.61 Å². The van der Waals surface area contributed by atoms with E-state index in [0.717, 1.165) is 23.0 Å². The highest BCUT2D eigenvalue weighted by Crippen LogP contribution is 2.49. The van der Waals surface area contributed by atoms with Crippen LogP contribution in [0.25, 0.3) is 6.08 Å². The van der Waals surface area contributed by atoms with E-state index < -0.39 is 5.97 Å². The van der Waals surface area contributed by atoms with Crippen LogP contribution in [0, 0.1) is 0 Å². The van der Waals surface area contributed by atoms with Crippen molar-refractivity contribution in [3.05, 3.63) is 70.3 Å². The Balaban J connectivity index is 1.77. The lowest BCUT2D eigenvalue weighted by Crippen LogP contribution is -2.35. The lowest BCUT2D eigenvalue weighted by molar-refractivity contribution is -0.131. The highest BCUT2D eigenvalue weighted by atomic mass is 16.5. The number of hydrogen-bond acceptors (Lipinski definition) is 2. The number of benzene rings is 2. The van der Waals surface area contributed by atoms with E-state index in [4.69, 9.17) is 9.84 Å². The molecule has 1 aliphatic heterocycles. The summed E-state index contributed by atoms with van der Waals surface area (Å²) in [4.78, 5) is 10.8. The summed E-state index contributed by atoms with van der Waals surface area (Å²) in [5, 5.41) is 8.86. The Morgan fingerprint density at radius 1 is 0.931 bits per heavy atom. The van der Waals surface area contributed by atoms with Crippen LogP contribution in [0.2, 0.25) is 0 Å². The zero-order chi connectivity index (χ0) is 21.0. The predicted molar refractivity (Wildman–Crippen MR) is 117 cm³/mol. The van der Waals surface area contributed by atoms with Crippen molar-refractivity contribution in [2.75, 3.05) is 6.61 Å². The van der Waals surface area contributed by atoms with Gasteiger partial charge >= 0.3 is 5.97 Å². The summed E-state index contributed by atoms with van der Waals surface area (Å²) in [6.45, 7) is 12.2. The number of hydrogen-bond donors (Lipinski definition) is 1. The predicted octanol–water partition coefficient (Wildman–Crippen LogP) is 5.83. The zero-order valence-corrected chi connectivity index (χ0v) is 18.0. The van der Waals surface area contributed by atoms with Gasteiger partial charge in [-0.1, -0.05) is 58.0 Å². The highest BCUT2D eigenvalue weighted by Gasteiger charge is 2.41. The van der Waals surface area contributed by atoms with Crippen molar-refractivity contribution in [2.45, 2.75) is 63.7 Å². The minimum absolute atomic E-state index is 0.172. The summed E-state index contributed by atoms with van der Waals surface area (Å²) in [6.07, 6.45) is 5.16. The maximum Gasteiger partial charge on any atom is 0.328 e. The molecule has 0 saturated heterocycles. The fourth-order valence-electron chi connectivity index (χ4n) is 4.86. The number of fused-ring (bicyclic) bond motifs is 2. The molecule has 1 aliphatic carbocycles. The summed E-state index contributed by atoms with van der Waals surface area (Å²) in [7, 11) is 0. The molecule has 0 aromatic heterocycles. The van der Waals surface area contributed by atoms with Gasteiger partial charge in [-0.25, -0.2) is 4.79 Å². The zero-order valence-electron chi connectivity index (χ0n) is 18.0. The van der Waals surface area contributed by atoms with Gasteiger partial charge in [0, 0.05) is 11.6 Å². The van der Waals surface area contributed by atoms with E-state index in [1.54, 1.807) is 6.08 Å². The number of ether oxygens (including phenoxy) is 1. The van der Waals surface area contributed by atoms with Gasteiger partial charge in [-0.3, -0.25) is 0 Å². The van der Waals surface area contributed by atoms with Crippen LogP contribution in [0.5, 0.6) is 5.75 Å². The first-order valence-corrected chi connectivity index (χ1v) is 10.4. The molecule has 2 aromatic carbocycles. The number of carboxylic acid groups (broad SMARTS) is 1. The smallest absolute Gasteiger partial charge is 0.328 e. The Labute approximate surface area is 173 Å². The van der Waals surface area contributed by atoms with Crippen LogP contribution in [0.1, 0.15) is 75.3 Å². The van der Waals surface area contributed by atoms with Crippen LogP contribution in [-0.4, -0.2) is 17.7 Å². The van der Waals surface area contributed by atoms with Crippen LogP contribution >= 0.6 is 0 Å². The Bertz CT molecular complexity index is 1010. The van der Waals surface area contributed by atoms with Gasteiger partial charge < -0.3 is 9.84 Å². The molecule has 0 amide bonds. The monoisotopic (exact) mass is 390 g/mol. The van der Waals surface area contributed by atoms with Gasteiger partial charge in [0.05, 0.1) is 5.41 Å². The molecule has 4 rings (SSSR count). The molecule has 152 valence electrons. The highest BCUT2D eigenvalue weighted by molar-refractivity contribution is 5.85. The minimum Gasteiger partial charge on any atom is -0.492 e. The summed E-state index contributed by atoms with van der Waals surface area (Å²) in [6, 6.07) is 13.0. The Morgan fingerprint density at radius 2 is 1.59 bits per heavy atom. The largest absolute Gasteiger partial charge is 0.492 e. The number of carbonyl (C=O) groups is 1. The quantitative estimate of drug-likeness (QED) is 0.671. The molecule has 0 saturated carbocycles. The Kier molecular flexibility index (Phi) is 4.41. The Morgan fingerprint density at radius 3 is 2.28 bits per heavy atom. The van der Waals surface area contributed by atoms with E-state index in [9.17, 15) is 4.79 Å². The molecule has 2 aromatic rings. The van der Waals surface area contributed by atoms with Crippen LogP contribution in [0.3, 0.4) is 0 Å². The van der Waals surface area contributed by atoms with Crippen LogP contribution in [0.4, 0.5) is 0 Å². The van der Waals surface area contributed by atoms with Gasteiger partial charge in [-0.15, -0.1) is 0 Å². The van der Waals surface area contributed by atoms with Crippen molar-refractivity contribution in [2.24, 2.45) is 0 Å². The first-order valence-electron chi connectivity index (χ1n) is 10.4. The number of aliphatic carboxylic acids is 1. The second kappa shape index (κ2) is 6.48. The molecular weight excluding hydrogens is 360 g/mol. The van der Waals surface area contributed by atoms with Crippen molar-refractivity contribution in [1.82, 2.24) is 0 Å². The van der Waals surface area contributed by atoms with E-state index in [1.165, 1.54) is 29.5 Å². The molecule has 0 spiro atoms. The maximum absolute atomic E-state index is 10.8. The lowest BCUT2D eigenvalue weighted by Gasteiger charge is -2.42. The average molecular weight is 391 g/mol. The van der Waals surface area contributed by atoms with Crippen LogP contribution in [-0.2, 0) is 21.0 Å². The molecular formula is C26H30O3. The van der Waals surface area contributed by atoms with Gasteiger partial charge in [-0.05, 0) is 65.0 Å². The Hall–Kier alpha value is -2.55. The average Bonchev–Trinajstić information content (AvgIpc) is 3.01. The molecule has 29 heavy (non-hydrogen) atoms. The van der Waals surface area contributed by atoms with Gasteiger partial charge in [0.1, 0.15) is 12.4 Å². The van der Waals surface area contributed by atoms with Gasteiger partial charge in [0.25, 0.3) is 0 Å². The number of rotatable bonds is 3. The first-order chi connectivity index (χ1) is 13.5. The van der Waals surface area contributed by atoms with Crippen molar-refractivity contribution >= 4 is 12.0 Å². The van der Waals surface area contributed by atoms with Crippen LogP contribution < -0.4 is 4.74 Å². The van der Waals surface area contributed by atoms with Crippen LogP contribution in [0.15, 0.2) is 42.5 Å². The molecule has 3 heteroatoms. The molecule has 0 bridgehead atoms. The molecule has 0 fully saturated rings. The van der Waals surface area contributed by atoms with Crippen molar-refractivity contribution in [3.63, 3.8) is 0 Å². The third-order valence-corrected chi connectivity index (χ3v) is 7.02.